The van der Waals surface area contributed by atoms with Gasteiger partial charge in [-0.1, -0.05) is 0 Å². The van der Waals surface area contributed by atoms with Crippen molar-refractivity contribution in [2.45, 2.75) is 0 Å². The summed E-state index contributed by atoms with van der Waals surface area (Å²) in [6.45, 7) is 0. The molecular weight excluding hydrogens is 461 g/mol. The number of carbonyl (C=O) groups excluding carboxylic acids is 1. The standard InChI is InChI=1S/C4H3I3O2/c1-9-4(8)2(5)3(6)7/h1H3. The van der Waals surface area contributed by atoms with Crippen LogP contribution < -0.4 is 0 Å². The van der Waals surface area contributed by atoms with Gasteiger partial charge >= 0.3 is 5.97 Å². The van der Waals surface area contributed by atoms with Crippen LogP contribution in [-0.2, 0) is 9.53 Å². The first-order chi connectivity index (χ1) is 4.09. The van der Waals surface area contributed by atoms with Crippen LogP contribution in [0.2, 0.25) is 0 Å². The fourth-order valence-corrected chi connectivity index (χ4v) is 0.827. The zero-order valence-corrected chi connectivity index (χ0v) is 10.9. The highest BCUT2D eigenvalue weighted by Gasteiger charge is 2.07. The third-order valence-electron chi connectivity index (χ3n) is 0.531. The Morgan fingerprint density at radius 2 is 1.78 bits per heavy atom. The molecule has 0 saturated carbocycles. The number of ether oxygens (including phenoxy) is 1. The van der Waals surface area contributed by atoms with E-state index in [-0.39, 0.29) is 5.97 Å². The van der Waals surface area contributed by atoms with E-state index in [1.54, 1.807) is 0 Å². The Hall–Kier alpha value is 1.40. The van der Waals surface area contributed by atoms with E-state index in [1.165, 1.54) is 7.11 Å². The molecule has 0 unspecified atom stereocenters. The van der Waals surface area contributed by atoms with Crippen LogP contribution in [0, 0.1) is 0 Å². The first kappa shape index (κ1) is 10.4. The van der Waals surface area contributed by atoms with E-state index in [1.807, 2.05) is 22.6 Å². The Labute approximate surface area is 94.2 Å². The summed E-state index contributed by atoms with van der Waals surface area (Å²) in [6.07, 6.45) is 0. The van der Waals surface area contributed by atoms with Crippen LogP contribution in [0.25, 0.3) is 0 Å². The number of methoxy groups -OCH3 is 1. The molecular formula is C4H3I3O2. The Morgan fingerprint density at radius 3 is 1.89 bits per heavy atom. The second kappa shape index (κ2) is 5.10. The normalized spacial score (nSPS) is 8.44. The smallest absolute Gasteiger partial charge is 0.345 e. The predicted octanol–water partition coefficient (Wildman–Crippen LogP) is 2.63. The Bertz CT molecular complexity index is 148. The van der Waals surface area contributed by atoms with Crippen LogP contribution in [0.5, 0.6) is 0 Å². The van der Waals surface area contributed by atoms with Crippen LogP contribution in [0.3, 0.4) is 0 Å². The van der Waals surface area contributed by atoms with Crippen LogP contribution in [0.15, 0.2) is 5.17 Å². The Balaban J connectivity index is 4.21. The molecule has 52 valence electrons. The van der Waals surface area contributed by atoms with Crippen molar-refractivity contribution < 1.29 is 9.53 Å². The topological polar surface area (TPSA) is 26.3 Å². The van der Waals surface area contributed by atoms with E-state index in [0.29, 0.717) is 3.58 Å². The fourth-order valence-electron chi connectivity index (χ4n) is 0.167. The molecule has 0 spiro atoms. The monoisotopic (exact) mass is 464 g/mol. The Kier molecular flexibility index (Phi) is 5.90. The average Bonchev–Trinajstić information content (AvgIpc) is 1.84. The van der Waals surface area contributed by atoms with E-state index >= 15 is 0 Å². The van der Waals surface area contributed by atoms with E-state index < -0.39 is 0 Å². The predicted molar refractivity (Wildman–Crippen MR) is 61.1 cm³/mol. The number of esters is 1. The van der Waals surface area contributed by atoms with E-state index in [0.717, 1.165) is 1.59 Å². The third-order valence-corrected chi connectivity index (χ3v) is 4.65. The zero-order chi connectivity index (χ0) is 7.44. The van der Waals surface area contributed by atoms with Gasteiger partial charge in [-0.2, -0.15) is 0 Å². The largest absolute Gasteiger partial charge is 0.465 e. The van der Waals surface area contributed by atoms with Crippen molar-refractivity contribution in [2.75, 3.05) is 7.11 Å². The van der Waals surface area contributed by atoms with Crippen molar-refractivity contribution in [3.8, 4) is 0 Å². The lowest BCUT2D eigenvalue weighted by Crippen LogP contribution is -1.98. The molecule has 0 aromatic carbocycles. The molecule has 0 atom stereocenters. The number of carbonyl (C=O) groups is 1. The number of hydrogen-bond donors (Lipinski definition) is 0. The highest BCUT2D eigenvalue weighted by molar-refractivity contribution is 14.2. The van der Waals surface area contributed by atoms with Gasteiger partial charge in [0.05, 0.1) is 8.70 Å². The molecule has 0 bridgehead atoms. The molecule has 9 heavy (non-hydrogen) atoms. The third kappa shape index (κ3) is 3.96. The van der Waals surface area contributed by atoms with Gasteiger partial charge in [0.2, 0.25) is 0 Å². The van der Waals surface area contributed by atoms with Gasteiger partial charge in [0.15, 0.2) is 0 Å². The molecule has 0 aromatic heterocycles. The minimum atomic E-state index is -0.269. The van der Waals surface area contributed by atoms with E-state index in [2.05, 4.69) is 49.9 Å². The molecule has 0 heterocycles. The summed E-state index contributed by atoms with van der Waals surface area (Å²) in [5.41, 5.74) is 0. The van der Waals surface area contributed by atoms with Crippen molar-refractivity contribution in [1.29, 1.82) is 0 Å². The van der Waals surface area contributed by atoms with Crippen molar-refractivity contribution in [2.24, 2.45) is 0 Å². The molecule has 0 saturated heterocycles. The van der Waals surface area contributed by atoms with Crippen LogP contribution in [0.1, 0.15) is 0 Å². The first-order valence-corrected chi connectivity index (χ1v) is 5.12. The summed E-state index contributed by atoms with van der Waals surface area (Å²) in [7, 11) is 1.37. The van der Waals surface area contributed by atoms with E-state index in [9.17, 15) is 4.79 Å². The van der Waals surface area contributed by atoms with Gasteiger partial charge < -0.3 is 4.74 Å². The van der Waals surface area contributed by atoms with Crippen molar-refractivity contribution in [3.05, 3.63) is 5.17 Å². The summed E-state index contributed by atoms with van der Waals surface area (Å²) in [4.78, 5) is 10.7. The number of halogens is 3. The summed E-state index contributed by atoms with van der Waals surface area (Å²) in [6, 6.07) is 0. The van der Waals surface area contributed by atoms with Crippen LogP contribution in [0.4, 0.5) is 0 Å². The number of hydrogen-bond acceptors (Lipinski definition) is 2. The second-order valence-electron chi connectivity index (χ2n) is 1.07. The summed E-state index contributed by atoms with van der Waals surface area (Å²) in [5.74, 6) is -0.269. The molecule has 0 aliphatic rings. The molecule has 0 aromatic rings. The van der Waals surface area contributed by atoms with E-state index in [4.69, 9.17) is 0 Å². The van der Waals surface area contributed by atoms with Crippen molar-refractivity contribution >= 4 is 73.7 Å². The van der Waals surface area contributed by atoms with Gasteiger partial charge in [0.1, 0.15) is 3.58 Å². The SMILES string of the molecule is COC(=O)C(I)=C(I)I. The molecule has 0 aliphatic carbocycles. The fraction of sp³-hybridized carbons (Fsp3) is 0.250. The minimum Gasteiger partial charge on any atom is -0.465 e. The van der Waals surface area contributed by atoms with Gasteiger partial charge in [-0.3, -0.25) is 0 Å². The molecule has 2 nitrogen and oxygen atoms in total. The van der Waals surface area contributed by atoms with Gasteiger partial charge in [-0.25, -0.2) is 4.79 Å². The highest BCUT2D eigenvalue weighted by atomic mass is 127. The lowest BCUT2D eigenvalue weighted by atomic mass is 10.7. The molecule has 0 aliphatic heterocycles. The number of rotatable bonds is 1. The summed E-state index contributed by atoms with van der Waals surface area (Å²) >= 11 is 6.08. The lowest BCUT2D eigenvalue weighted by molar-refractivity contribution is -0.135. The van der Waals surface area contributed by atoms with Crippen LogP contribution >= 0.6 is 67.8 Å². The highest BCUT2D eigenvalue weighted by Crippen LogP contribution is 2.25. The molecule has 0 radical (unpaired) electrons. The lowest BCUT2D eigenvalue weighted by Gasteiger charge is -1.94. The molecule has 0 amide bonds. The Morgan fingerprint density at radius 1 is 1.33 bits per heavy atom. The van der Waals surface area contributed by atoms with Crippen LogP contribution in [-0.4, -0.2) is 13.1 Å². The van der Waals surface area contributed by atoms with Gasteiger partial charge in [-0.15, -0.1) is 0 Å². The first-order valence-electron chi connectivity index (χ1n) is 1.88. The quantitative estimate of drug-likeness (QED) is 0.339. The molecule has 0 N–H and O–H groups in total. The van der Waals surface area contributed by atoms with Gasteiger partial charge in [0.25, 0.3) is 0 Å². The maximum absolute atomic E-state index is 10.7. The van der Waals surface area contributed by atoms with Crippen molar-refractivity contribution in [3.63, 3.8) is 0 Å². The summed E-state index contributed by atoms with van der Waals surface area (Å²) < 4.78 is 6.02. The van der Waals surface area contributed by atoms with Gasteiger partial charge in [0, 0.05) is 0 Å². The second-order valence-corrected chi connectivity index (χ2v) is 6.37. The van der Waals surface area contributed by atoms with Crippen molar-refractivity contribution in [1.82, 2.24) is 0 Å². The average molecular weight is 464 g/mol. The minimum absolute atomic E-state index is 0.269. The maximum atomic E-state index is 10.7. The molecule has 0 rings (SSSR count). The van der Waals surface area contributed by atoms with Gasteiger partial charge in [-0.05, 0) is 67.8 Å². The molecule has 0 fully saturated rings. The summed E-state index contributed by atoms with van der Waals surface area (Å²) in [5, 5.41) is 0. The zero-order valence-electron chi connectivity index (χ0n) is 4.45. The molecule has 5 heteroatoms. The maximum Gasteiger partial charge on any atom is 0.345 e.